The van der Waals surface area contributed by atoms with E-state index in [4.69, 9.17) is 66.3 Å². The number of fused-ring (bicyclic) bond motifs is 3. The molecule has 5 fully saturated rings. The molecule has 83 heavy (non-hydrogen) atoms. The van der Waals surface area contributed by atoms with E-state index >= 15 is 0 Å². The van der Waals surface area contributed by atoms with Crippen molar-refractivity contribution < 1.29 is 90.3 Å². The number of azide groups is 1. The molecule has 16 atom stereocenters. The number of esters is 5. The van der Waals surface area contributed by atoms with Gasteiger partial charge in [0, 0.05) is 17.6 Å². The van der Waals surface area contributed by atoms with Gasteiger partial charge in [-0.1, -0.05) is 126 Å². The first-order valence-electron chi connectivity index (χ1n) is 26.7. The molecule has 5 aliphatic rings. The fourth-order valence-corrected chi connectivity index (χ4v) is 10.4. The van der Waals surface area contributed by atoms with Crippen LogP contribution in [0, 0.1) is 0 Å². The summed E-state index contributed by atoms with van der Waals surface area (Å²) in [6.45, 7) is -0.954. The average molecular weight is 1130 g/mol. The van der Waals surface area contributed by atoms with Crippen molar-refractivity contribution in [3.05, 3.63) is 226 Å². The highest BCUT2D eigenvalue weighted by atomic mass is 16.8. The van der Waals surface area contributed by atoms with Crippen molar-refractivity contribution in [3.63, 3.8) is 0 Å². The summed E-state index contributed by atoms with van der Waals surface area (Å²) in [4.78, 5) is 75.2. The molecule has 5 heterocycles. The minimum atomic E-state index is -1.85. The Morgan fingerprint density at radius 3 is 1.41 bits per heavy atom. The van der Waals surface area contributed by atoms with Crippen molar-refractivity contribution in [2.75, 3.05) is 26.9 Å². The summed E-state index contributed by atoms with van der Waals surface area (Å²) in [7, 11) is 1.37. The zero-order chi connectivity index (χ0) is 57.2. The van der Waals surface area contributed by atoms with Crippen molar-refractivity contribution in [1.82, 2.24) is 0 Å². The van der Waals surface area contributed by atoms with E-state index in [0.29, 0.717) is 5.56 Å². The van der Waals surface area contributed by atoms with E-state index in [1.807, 2.05) is 6.07 Å². The first kappa shape index (κ1) is 56.5. The Balaban J connectivity index is 1.04. The number of hydrogen-bond donors (Lipinski definition) is 0. The Hall–Kier alpha value is -8.38. The Morgan fingerprint density at radius 1 is 0.470 bits per heavy atom. The smallest absolute Gasteiger partial charge is 0.338 e. The standard InChI is InChI=1S/C61H55N3O19/c1-70-48-44(63-64-62)59-73-34-42(74-59)45(48)82-60-52(80-57(69)39-28-16-6-17-29-39)50(78-55(67)37-24-12-4-13-25-37)47(41(75-60)32-71-53(65)35-20-8-2-9-21-35)83-61-51(79-56(68)38-26-14-5-15-27-38)49(77-54(66)36-22-10-3-11-23-36)46-43(76-61)33-72-58(81-46)40-30-18-7-19-31-40/h2-31,41-52,58-61H,32-34H2,1H3/t41-,42?,43-,44-,45-,46+,47+,48?,49?,50?,51?,52?,58?,59+,60-,61+/m0/s1. The van der Waals surface area contributed by atoms with Crippen molar-refractivity contribution in [3.8, 4) is 0 Å². The number of rotatable bonds is 18. The third-order valence-electron chi connectivity index (χ3n) is 14.4. The van der Waals surface area contributed by atoms with Gasteiger partial charge in [-0.2, -0.15) is 0 Å². The summed E-state index contributed by atoms with van der Waals surface area (Å²) >= 11 is 0. The molecule has 0 saturated carbocycles. The van der Waals surface area contributed by atoms with Gasteiger partial charge in [-0.05, 0) is 66.2 Å². The number of methoxy groups -OCH3 is 1. The third-order valence-corrected chi connectivity index (χ3v) is 14.4. The number of benzene rings is 6. The van der Waals surface area contributed by atoms with Crippen LogP contribution in [0.15, 0.2) is 187 Å². The van der Waals surface area contributed by atoms with Gasteiger partial charge >= 0.3 is 29.8 Å². The molecular weight excluding hydrogens is 1080 g/mol. The van der Waals surface area contributed by atoms with Crippen LogP contribution in [-0.2, 0) is 66.3 Å². The van der Waals surface area contributed by atoms with Crippen LogP contribution in [0.2, 0.25) is 0 Å². The van der Waals surface area contributed by atoms with E-state index in [1.165, 1.54) is 55.6 Å². The summed E-state index contributed by atoms with van der Waals surface area (Å²) in [5.74, 6) is -4.44. The second-order valence-electron chi connectivity index (χ2n) is 19.6. The molecular formula is C61H55N3O19. The lowest BCUT2D eigenvalue weighted by atomic mass is 9.94. The zero-order valence-electron chi connectivity index (χ0n) is 44.3. The molecule has 0 N–H and O–H groups in total. The molecule has 7 unspecified atom stereocenters. The third kappa shape index (κ3) is 12.8. The van der Waals surface area contributed by atoms with Gasteiger partial charge in [0.2, 0.25) is 0 Å². The molecule has 11 rings (SSSR count). The molecule has 0 amide bonds. The van der Waals surface area contributed by atoms with E-state index < -0.39 is 135 Å². The fraction of sp³-hybridized carbons (Fsp3) is 0.328. The maximum atomic E-state index is 14.8. The molecule has 6 aromatic rings. The molecule has 5 saturated heterocycles. The summed E-state index contributed by atoms with van der Waals surface area (Å²) in [6, 6.07) is 47.8. The number of carbonyl (C=O) groups excluding carboxylic acids is 5. The SMILES string of the molecule is COC1[C@@H](O[C@@H]2O[C@@H](COC(=O)c3ccccc3)[C@@H](O[C@H]3O[C@H]4COC(c5ccccc5)O[C@H]4C(OC(=O)c4ccccc4)C3OC(=O)c3ccccc3)C(OC(=O)c3ccccc3)C2OC(=O)c2ccccc2)C2CO[C@H](O2)[C@H]1N=[N+]=[N-]. The first-order valence-corrected chi connectivity index (χ1v) is 26.7. The van der Waals surface area contributed by atoms with Gasteiger partial charge in [0.25, 0.3) is 0 Å². The monoisotopic (exact) mass is 1130 g/mol. The highest BCUT2D eigenvalue weighted by molar-refractivity contribution is 5.92. The Kier molecular flexibility index (Phi) is 17.9. The molecule has 22 heteroatoms. The van der Waals surface area contributed by atoms with Crippen LogP contribution in [0.1, 0.15) is 63.6 Å². The summed E-state index contributed by atoms with van der Waals surface area (Å²) in [5, 5.41) is 3.91. The molecule has 0 aliphatic carbocycles. The van der Waals surface area contributed by atoms with Gasteiger partial charge in [0.15, 0.2) is 49.6 Å². The molecule has 0 radical (unpaired) electrons. The highest BCUT2D eigenvalue weighted by Crippen LogP contribution is 2.42. The molecule has 2 bridgehead atoms. The predicted molar refractivity (Wildman–Crippen MR) is 285 cm³/mol. The molecule has 0 aromatic heterocycles. The molecule has 428 valence electrons. The molecule has 6 aromatic carbocycles. The Labute approximate surface area is 474 Å². The van der Waals surface area contributed by atoms with Crippen molar-refractivity contribution in [2.45, 2.75) is 98.3 Å². The zero-order valence-corrected chi connectivity index (χ0v) is 44.3. The van der Waals surface area contributed by atoms with Gasteiger partial charge in [-0.3, -0.25) is 0 Å². The lowest BCUT2D eigenvalue weighted by Crippen LogP contribution is -2.68. The fourth-order valence-electron chi connectivity index (χ4n) is 10.4. The largest absolute Gasteiger partial charge is 0.459 e. The number of ether oxygens (including phenoxy) is 14. The lowest BCUT2D eigenvalue weighted by molar-refractivity contribution is -0.387. The number of carbonyl (C=O) groups is 5. The van der Waals surface area contributed by atoms with Gasteiger partial charge in [-0.25, -0.2) is 24.0 Å². The Bertz CT molecular complexity index is 3220. The first-order chi connectivity index (χ1) is 40.6. The van der Waals surface area contributed by atoms with Crippen LogP contribution in [0.25, 0.3) is 10.4 Å². The van der Waals surface area contributed by atoms with E-state index in [1.54, 1.807) is 127 Å². The van der Waals surface area contributed by atoms with Crippen LogP contribution in [0.4, 0.5) is 0 Å². The van der Waals surface area contributed by atoms with Crippen LogP contribution in [0.5, 0.6) is 0 Å². The molecule has 0 spiro atoms. The minimum absolute atomic E-state index is 0.0469. The highest BCUT2D eigenvalue weighted by Gasteiger charge is 2.61. The van der Waals surface area contributed by atoms with Gasteiger partial charge in [-0.15, -0.1) is 0 Å². The van der Waals surface area contributed by atoms with E-state index in [9.17, 15) is 29.5 Å². The molecule has 5 aliphatic heterocycles. The normalized spacial score (nSPS) is 29.8. The quantitative estimate of drug-likeness (QED) is 0.0265. The second kappa shape index (κ2) is 26.2. The topological polar surface area (TPSA) is 263 Å². The van der Waals surface area contributed by atoms with Crippen LogP contribution < -0.4 is 0 Å². The second-order valence-corrected chi connectivity index (χ2v) is 19.6. The van der Waals surface area contributed by atoms with Gasteiger partial charge in [0.05, 0.1) is 47.1 Å². The van der Waals surface area contributed by atoms with Gasteiger partial charge < -0.3 is 66.3 Å². The van der Waals surface area contributed by atoms with Crippen molar-refractivity contribution in [2.24, 2.45) is 5.11 Å². The summed E-state index contributed by atoms with van der Waals surface area (Å²) in [6.07, 6.45) is -21.6. The predicted octanol–water partition coefficient (Wildman–Crippen LogP) is 7.53. The van der Waals surface area contributed by atoms with Crippen molar-refractivity contribution >= 4 is 29.8 Å². The lowest BCUT2D eigenvalue weighted by Gasteiger charge is -2.51. The van der Waals surface area contributed by atoms with Crippen molar-refractivity contribution in [1.29, 1.82) is 0 Å². The van der Waals surface area contributed by atoms with E-state index in [0.717, 1.165) is 0 Å². The maximum absolute atomic E-state index is 14.8. The van der Waals surface area contributed by atoms with Crippen LogP contribution >= 0.6 is 0 Å². The minimum Gasteiger partial charge on any atom is -0.459 e. The van der Waals surface area contributed by atoms with Crippen LogP contribution in [-0.4, -0.2) is 149 Å². The summed E-state index contributed by atoms with van der Waals surface area (Å²) < 4.78 is 90.0. The number of hydrogen-bond acceptors (Lipinski definition) is 20. The average Bonchev–Trinajstić information content (AvgIpc) is 4.01. The summed E-state index contributed by atoms with van der Waals surface area (Å²) in [5.41, 5.74) is 10.8. The van der Waals surface area contributed by atoms with Crippen LogP contribution in [0.3, 0.4) is 0 Å². The van der Waals surface area contributed by atoms with E-state index in [-0.39, 0.29) is 41.0 Å². The Morgan fingerprint density at radius 2 is 0.904 bits per heavy atom. The maximum Gasteiger partial charge on any atom is 0.338 e. The van der Waals surface area contributed by atoms with E-state index in [2.05, 4.69) is 10.0 Å². The van der Waals surface area contributed by atoms with Gasteiger partial charge in [0.1, 0.15) is 49.3 Å². The number of nitrogens with zero attached hydrogens (tertiary/aromatic N) is 3. The molecule has 22 nitrogen and oxygen atoms in total.